The lowest BCUT2D eigenvalue weighted by Gasteiger charge is -2.23. The lowest BCUT2D eigenvalue weighted by atomic mass is 9.89. The maximum Gasteiger partial charge on any atom is 0.0806 e. The van der Waals surface area contributed by atoms with Gasteiger partial charge in [0.2, 0.25) is 0 Å². The summed E-state index contributed by atoms with van der Waals surface area (Å²) in [5.41, 5.74) is 0.239. The summed E-state index contributed by atoms with van der Waals surface area (Å²) in [5, 5.41) is 8.76. The molecular weight excluding hydrogens is 128 g/mol. The zero-order chi connectivity index (χ0) is 8.20. The zero-order valence-electron chi connectivity index (χ0n) is 7.35. The highest BCUT2D eigenvalue weighted by Crippen LogP contribution is 2.21. The fourth-order valence-electron chi connectivity index (χ4n) is 0.905. The average molecular weight is 146 g/mol. The smallest absolute Gasteiger partial charge is 0.0806 e. The van der Waals surface area contributed by atoms with E-state index in [1.807, 2.05) is 0 Å². The molecule has 2 nitrogen and oxygen atoms in total. The standard InChI is InChI=1S/C8H18O2/c1-8(2,3)5-7(6-9)10-4/h7,9H,5-6H2,1-4H3/t7-/m0/s1. The molecule has 10 heavy (non-hydrogen) atoms. The first-order chi connectivity index (χ1) is 4.49. The minimum Gasteiger partial charge on any atom is -0.394 e. The summed E-state index contributed by atoms with van der Waals surface area (Å²) < 4.78 is 5.03. The predicted octanol–water partition coefficient (Wildman–Crippen LogP) is 1.43. The Balaban J connectivity index is 3.63. The normalized spacial score (nSPS) is 15.3. The molecule has 0 rings (SSSR count). The van der Waals surface area contributed by atoms with E-state index in [1.165, 1.54) is 0 Å². The van der Waals surface area contributed by atoms with Gasteiger partial charge in [-0.25, -0.2) is 0 Å². The Morgan fingerprint density at radius 1 is 1.40 bits per heavy atom. The van der Waals surface area contributed by atoms with E-state index in [-0.39, 0.29) is 18.1 Å². The maximum absolute atomic E-state index is 8.76. The third-order valence-corrected chi connectivity index (χ3v) is 1.38. The molecule has 0 amide bonds. The molecule has 0 aliphatic heterocycles. The predicted molar refractivity (Wildman–Crippen MR) is 42.0 cm³/mol. The van der Waals surface area contributed by atoms with Crippen molar-refractivity contribution < 1.29 is 9.84 Å². The molecule has 0 aromatic rings. The Kier molecular flexibility index (Phi) is 3.91. The van der Waals surface area contributed by atoms with Crippen LogP contribution in [0, 0.1) is 5.41 Å². The van der Waals surface area contributed by atoms with Gasteiger partial charge in [-0.15, -0.1) is 0 Å². The van der Waals surface area contributed by atoms with Gasteiger partial charge in [0.15, 0.2) is 0 Å². The molecule has 1 N–H and O–H groups in total. The Morgan fingerprint density at radius 2 is 1.90 bits per heavy atom. The van der Waals surface area contributed by atoms with E-state index >= 15 is 0 Å². The van der Waals surface area contributed by atoms with Crippen LogP contribution < -0.4 is 0 Å². The highest BCUT2D eigenvalue weighted by molar-refractivity contribution is 4.67. The maximum atomic E-state index is 8.76. The topological polar surface area (TPSA) is 29.5 Å². The molecule has 0 saturated carbocycles. The number of hydrogen-bond acceptors (Lipinski definition) is 2. The van der Waals surface area contributed by atoms with Gasteiger partial charge in [-0.1, -0.05) is 20.8 Å². The Bertz CT molecular complexity index is 79.7. The van der Waals surface area contributed by atoms with Gasteiger partial charge in [0.05, 0.1) is 12.7 Å². The lowest BCUT2D eigenvalue weighted by Crippen LogP contribution is -2.22. The summed E-state index contributed by atoms with van der Waals surface area (Å²) in [6.45, 7) is 6.52. The van der Waals surface area contributed by atoms with Crippen LogP contribution in [0.1, 0.15) is 27.2 Å². The molecule has 0 aliphatic rings. The monoisotopic (exact) mass is 146 g/mol. The van der Waals surface area contributed by atoms with Crippen LogP contribution in [0.2, 0.25) is 0 Å². The second-order valence-electron chi connectivity index (χ2n) is 3.81. The number of hydrogen-bond donors (Lipinski definition) is 1. The van der Waals surface area contributed by atoms with Crippen molar-refractivity contribution in [3.05, 3.63) is 0 Å². The first-order valence-corrected chi connectivity index (χ1v) is 3.63. The van der Waals surface area contributed by atoms with Crippen molar-refractivity contribution in [3.63, 3.8) is 0 Å². The molecule has 0 unspecified atom stereocenters. The molecule has 0 saturated heterocycles. The van der Waals surface area contributed by atoms with Gasteiger partial charge in [-0.2, -0.15) is 0 Å². The van der Waals surface area contributed by atoms with Crippen LogP contribution in [-0.2, 0) is 4.74 Å². The van der Waals surface area contributed by atoms with Gasteiger partial charge in [-0.3, -0.25) is 0 Å². The summed E-state index contributed by atoms with van der Waals surface area (Å²) >= 11 is 0. The highest BCUT2D eigenvalue weighted by atomic mass is 16.5. The Labute approximate surface area is 63.2 Å². The molecule has 0 heterocycles. The first kappa shape index (κ1) is 9.92. The molecule has 0 aliphatic carbocycles. The van der Waals surface area contributed by atoms with Crippen LogP contribution in [-0.4, -0.2) is 24.9 Å². The van der Waals surface area contributed by atoms with Gasteiger partial charge in [0.1, 0.15) is 0 Å². The summed E-state index contributed by atoms with van der Waals surface area (Å²) in [7, 11) is 1.63. The van der Waals surface area contributed by atoms with Crippen molar-refractivity contribution in [1.29, 1.82) is 0 Å². The fourth-order valence-corrected chi connectivity index (χ4v) is 0.905. The van der Waals surface area contributed by atoms with E-state index in [1.54, 1.807) is 7.11 Å². The second-order valence-corrected chi connectivity index (χ2v) is 3.81. The van der Waals surface area contributed by atoms with Crippen LogP contribution in [0.3, 0.4) is 0 Å². The lowest BCUT2D eigenvalue weighted by molar-refractivity contribution is 0.0216. The van der Waals surface area contributed by atoms with E-state index < -0.39 is 0 Å². The molecule has 0 aromatic heterocycles. The van der Waals surface area contributed by atoms with Crippen molar-refractivity contribution in [2.75, 3.05) is 13.7 Å². The third-order valence-electron chi connectivity index (χ3n) is 1.38. The summed E-state index contributed by atoms with van der Waals surface area (Å²) in [6, 6.07) is 0. The van der Waals surface area contributed by atoms with Crippen molar-refractivity contribution >= 4 is 0 Å². The third kappa shape index (κ3) is 4.77. The summed E-state index contributed by atoms with van der Waals surface area (Å²) in [6.07, 6.45) is 0.903. The Morgan fingerprint density at radius 3 is 2.00 bits per heavy atom. The molecule has 0 fully saturated rings. The number of aliphatic hydroxyl groups excluding tert-OH is 1. The molecule has 0 aromatic carbocycles. The van der Waals surface area contributed by atoms with E-state index in [4.69, 9.17) is 9.84 Å². The largest absolute Gasteiger partial charge is 0.394 e. The number of methoxy groups -OCH3 is 1. The van der Waals surface area contributed by atoms with Crippen molar-refractivity contribution in [3.8, 4) is 0 Å². The average Bonchev–Trinajstić information content (AvgIpc) is 1.81. The molecular formula is C8H18O2. The molecule has 1 atom stereocenters. The number of ether oxygens (including phenoxy) is 1. The quantitative estimate of drug-likeness (QED) is 0.652. The van der Waals surface area contributed by atoms with Gasteiger partial charge >= 0.3 is 0 Å². The van der Waals surface area contributed by atoms with Crippen LogP contribution in [0.4, 0.5) is 0 Å². The minimum atomic E-state index is -0.000000000000000444. The zero-order valence-corrected chi connectivity index (χ0v) is 7.35. The van der Waals surface area contributed by atoms with E-state index in [9.17, 15) is 0 Å². The van der Waals surface area contributed by atoms with Gasteiger partial charge < -0.3 is 9.84 Å². The molecule has 0 radical (unpaired) electrons. The highest BCUT2D eigenvalue weighted by Gasteiger charge is 2.16. The van der Waals surface area contributed by atoms with E-state index in [2.05, 4.69) is 20.8 Å². The van der Waals surface area contributed by atoms with Crippen LogP contribution in [0.15, 0.2) is 0 Å². The van der Waals surface area contributed by atoms with Crippen LogP contribution in [0.25, 0.3) is 0 Å². The molecule has 0 spiro atoms. The molecule has 2 heteroatoms. The summed E-state index contributed by atoms with van der Waals surface area (Å²) in [5.74, 6) is 0. The molecule has 62 valence electrons. The van der Waals surface area contributed by atoms with Crippen molar-refractivity contribution in [2.45, 2.75) is 33.3 Å². The van der Waals surface area contributed by atoms with Crippen LogP contribution in [0.5, 0.6) is 0 Å². The van der Waals surface area contributed by atoms with E-state index in [0.717, 1.165) is 6.42 Å². The fraction of sp³-hybridized carbons (Fsp3) is 1.00. The minimum absolute atomic E-state index is 0.000000000000000444. The van der Waals surface area contributed by atoms with Gasteiger partial charge in [-0.05, 0) is 11.8 Å². The number of aliphatic hydroxyl groups is 1. The SMILES string of the molecule is CO[C@H](CO)CC(C)(C)C. The van der Waals surface area contributed by atoms with E-state index in [0.29, 0.717) is 0 Å². The molecule has 0 bridgehead atoms. The number of rotatable bonds is 3. The van der Waals surface area contributed by atoms with Crippen molar-refractivity contribution in [1.82, 2.24) is 0 Å². The Hall–Kier alpha value is -0.0800. The van der Waals surface area contributed by atoms with Gasteiger partial charge in [0, 0.05) is 7.11 Å². The van der Waals surface area contributed by atoms with Crippen molar-refractivity contribution in [2.24, 2.45) is 5.41 Å². The van der Waals surface area contributed by atoms with Gasteiger partial charge in [0.25, 0.3) is 0 Å². The first-order valence-electron chi connectivity index (χ1n) is 3.63. The second kappa shape index (κ2) is 3.94. The van der Waals surface area contributed by atoms with Crippen LogP contribution >= 0.6 is 0 Å². The summed E-state index contributed by atoms with van der Waals surface area (Å²) in [4.78, 5) is 0.